The zero-order valence-corrected chi connectivity index (χ0v) is 14.5. The largest absolute Gasteiger partial charge is 0.497 e. The number of benzene rings is 2. The molecule has 1 heterocycles. The van der Waals surface area contributed by atoms with E-state index in [1.54, 1.807) is 12.5 Å². The van der Waals surface area contributed by atoms with Gasteiger partial charge in [-0.2, -0.15) is 0 Å². The lowest BCUT2D eigenvalue weighted by Crippen LogP contribution is -2.28. The van der Waals surface area contributed by atoms with E-state index in [9.17, 15) is 9.90 Å². The first kappa shape index (κ1) is 17.1. The predicted molar refractivity (Wildman–Crippen MR) is 97.8 cm³/mol. The summed E-state index contributed by atoms with van der Waals surface area (Å²) in [6, 6.07) is 16.7. The first-order valence-corrected chi connectivity index (χ1v) is 8.66. The quantitative estimate of drug-likeness (QED) is 0.713. The van der Waals surface area contributed by atoms with E-state index in [4.69, 9.17) is 4.74 Å². The van der Waals surface area contributed by atoms with Gasteiger partial charge in [0.2, 0.25) is 0 Å². The minimum Gasteiger partial charge on any atom is -0.497 e. The molecule has 128 valence electrons. The van der Waals surface area contributed by atoms with Gasteiger partial charge in [0, 0.05) is 17.5 Å². The highest BCUT2D eigenvalue weighted by atomic mass is 32.1. The molecule has 1 aromatic heterocycles. The number of thiazole rings is 1. The fraction of sp³-hybridized carbons (Fsp3) is 0.158. The molecule has 0 saturated heterocycles. The van der Waals surface area contributed by atoms with Gasteiger partial charge < -0.3 is 15.2 Å². The Kier molecular flexibility index (Phi) is 5.42. The van der Waals surface area contributed by atoms with Crippen LogP contribution in [0.3, 0.4) is 0 Å². The Hall–Kier alpha value is -2.70. The number of ether oxygens (including phenoxy) is 1. The number of nitrogens with one attached hydrogen (secondary N) is 1. The van der Waals surface area contributed by atoms with Crippen LogP contribution in [0.2, 0.25) is 0 Å². The molecule has 0 aliphatic heterocycles. The fourth-order valence-corrected chi connectivity index (χ4v) is 3.12. The summed E-state index contributed by atoms with van der Waals surface area (Å²) in [7, 11) is 1.62. The maximum Gasteiger partial charge on any atom is 0.270 e. The van der Waals surface area contributed by atoms with E-state index in [0.717, 1.165) is 21.9 Å². The van der Waals surface area contributed by atoms with Crippen molar-refractivity contribution in [1.29, 1.82) is 0 Å². The molecule has 3 rings (SSSR count). The Morgan fingerprint density at radius 1 is 1.20 bits per heavy atom. The van der Waals surface area contributed by atoms with Gasteiger partial charge in [-0.25, -0.2) is 4.98 Å². The first-order chi connectivity index (χ1) is 12.2. The molecule has 5 nitrogen and oxygen atoms in total. The highest BCUT2D eigenvalue weighted by Crippen LogP contribution is 2.25. The molecule has 2 N–H and O–H groups in total. The molecule has 0 radical (unpaired) electrons. The van der Waals surface area contributed by atoms with Crippen molar-refractivity contribution in [2.45, 2.75) is 6.10 Å². The Labute approximate surface area is 149 Å². The normalized spacial score (nSPS) is 11.8. The maximum absolute atomic E-state index is 12.2. The Morgan fingerprint density at radius 2 is 1.92 bits per heavy atom. The lowest BCUT2D eigenvalue weighted by Gasteiger charge is -2.11. The van der Waals surface area contributed by atoms with Gasteiger partial charge in [0.1, 0.15) is 16.5 Å². The number of hydrogen-bond acceptors (Lipinski definition) is 5. The van der Waals surface area contributed by atoms with Crippen molar-refractivity contribution in [2.75, 3.05) is 13.7 Å². The second kappa shape index (κ2) is 7.92. The van der Waals surface area contributed by atoms with Crippen molar-refractivity contribution in [3.05, 3.63) is 71.2 Å². The fourth-order valence-electron chi connectivity index (χ4n) is 2.32. The van der Waals surface area contributed by atoms with Crippen LogP contribution in [0.1, 0.15) is 22.2 Å². The van der Waals surface area contributed by atoms with Crippen molar-refractivity contribution in [3.63, 3.8) is 0 Å². The summed E-state index contributed by atoms with van der Waals surface area (Å²) in [5.41, 5.74) is 2.03. The predicted octanol–water partition coefficient (Wildman–Crippen LogP) is 3.28. The first-order valence-electron chi connectivity index (χ1n) is 7.78. The van der Waals surface area contributed by atoms with Gasteiger partial charge in [-0.1, -0.05) is 30.3 Å². The molecule has 1 atom stereocenters. The molecule has 0 aliphatic carbocycles. The van der Waals surface area contributed by atoms with E-state index in [1.807, 2.05) is 54.6 Å². The molecule has 25 heavy (non-hydrogen) atoms. The van der Waals surface area contributed by atoms with E-state index < -0.39 is 6.10 Å². The topological polar surface area (TPSA) is 71.5 Å². The highest BCUT2D eigenvalue weighted by Gasteiger charge is 2.14. The number of methoxy groups -OCH3 is 1. The summed E-state index contributed by atoms with van der Waals surface area (Å²) >= 11 is 1.40. The standard InChI is InChI=1S/C19H18N2O3S/c1-24-15-9-7-14(8-10-15)19-21-16(12-25-19)18(23)20-11-17(22)13-5-3-2-4-6-13/h2-10,12,17,22H,11H2,1H3,(H,20,23)/t17-/m0/s1. The van der Waals surface area contributed by atoms with E-state index in [0.29, 0.717) is 5.69 Å². The summed E-state index contributed by atoms with van der Waals surface area (Å²) in [6.45, 7) is 0.137. The van der Waals surface area contributed by atoms with Crippen molar-refractivity contribution in [3.8, 4) is 16.3 Å². The molecule has 0 unspecified atom stereocenters. The van der Waals surface area contributed by atoms with Gasteiger partial charge in [-0.05, 0) is 29.8 Å². The van der Waals surface area contributed by atoms with Crippen LogP contribution >= 0.6 is 11.3 Å². The van der Waals surface area contributed by atoms with Gasteiger partial charge in [0.25, 0.3) is 5.91 Å². The SMILES string of the molecule is COc1ccc(-c2nc(C(=O)NC[C@H](O)c3ccccc3)cs2)cc1. The van der Waals surface area contributed by atoms with Crippen molar-refractivity contribution < 1.29 is 14.6 Å². The van der Waals surface area contributed by atoms with Crippen molar-refractivity contribution >= 4 is 17.2 Å². The molecule has 0 bridgehead atoms. The minimum atomic E-state index is -0.746. The molecule has 6 heteroatoms. The van der Waals surface area contributed by atoms with Crippen LogP contribution < -0.4 is 10.1 Å². The third-order valence-corrected chi connectivity index (χ3v) is 4.61. The molecule has 2 aromatic carbocycles. The number of rotatable bonds is 6. The molecule has 0 saturated carbocycles. The summed E-state index contributed by atoms with van der Waals surface area (Å²) < 4.78 is 5.13. The summed E-state index contributed by atoms with van der Waals surface area (Å²) in [4.78, 5) is 16.6. The average molecular weight is 354 g/mol. The number of carbonyl (C=O) groups excluding carboxylic acids is 1. The van der Waals surface area contributed by atoms with Crippen LogP contribution in [0.15, 0.2) is 60.0 Å². The number of aromatic nitrogens is 1. The summed E-state index contributed by atoms with van der Waals surface area (Å²) in [6.07, 6.45) is -0.746. The third kappa shape index (κ3) is 4.23. The van der Waals surface area contributed by atoms with Crippen LogP contribution in [0, 0.1) is 0 Å². The number of nitrogens with zero attached hydrogens (tertiary/aromatic N) is 1. The van der Waals surface area contributed by atoms with Gasteiger partial charge in [0.05, 0.1) is 13.2 Å². The Morgan fingerprint density at radius 3 is 2.60 bits per heavy atom. The van der Waals surface area contributed by atoms with Crippen LogP contribution in [-0.2, 0) is 0 Å². The molecular formula is C19H18N2O3S. The molecule has 0 fully saturated rings. The van der Waals surface area contributed by atoms with Crippen molar-refractivity contribution in [2.24, 2.45) is 0 Å². The molecule has 3 aromatic rings. The summed E-state index contributed by atoms with van der Waals surface area (Å²) in [5, 5.41) is 15.3. The minimum absolute atomic E-state index is 0.137. The van der Waals surface area contributed by atoms with Gasteiger partial charge in [0.15, 0.2) is 0 Å². The Bertz CT molecular complexity index is 831. The highest BCUT2D eigenvalue weighted by molar-refractivity contribution is 7.13. The second-order valence-electron chi connectivity index (χ2n) is 5.40. The summed E-state index contributed by atoms with van der Waals surface area (Å²) in [5.74, 6) is 0.471. The van der Waals surface area contributed by atoms with E-state index in [2.05, 4.69) is 10.3 Å². The molecular weight excluding hydrogens is 336 g/mol. The van der Waals surface area contributed by atoms with Gasteiger partial charge in [-0.15, -0.1) is 11.3 Å². The zero-order chi connectivity index (χ0) is 17.6. The number of carbonyl (C=O) groups is 1. The van der Waals surface area contributed by atoms with E-state index >= 15 is 0 Å². The van der Waals surface area contributed by atoms with Crippen LogP contribution in [0.4, 0.5) is 0 Å². The monoisotopic (exact) mass is 354 g/mol. The number of aliphatic hydroxyl groups excluding tert-OH is 1. The smallest absolute Gasteiger partial charge is 0.270 e. The number of hydrogen-bond donors (Lipinski definition) is 2. The lowest BCUT2D eigenvalue weighted by molar-refractivity contribution is 0.0912. The molecule has 0 aliphatic rings. The van der Waals surface area contributed by atoms with Crippen LogP contribution in [0.25, 0.3) is 10.6 Å². The third-order valence-electron chi connectivity index (χ3n) is 3.71. The van der Waals surface area contributed by atoms with Crippen LogP contribution in [-0.4, -0.2) is 29.7 Å². The van der Waals surface area contributed by atoms with Gasteiger partial charge >= 0.3 is 0 Å². The van der Waals surface area contributed by atoms with Gasteiger partial charge in [-0.3, -0.25) is 4.79 Å². The Balaban J connectivity index is 1.62. The second-order valence-corrected chi connectivity index (χ2v) is 6.26. The maximum atomic E-state index is 12.2. The zero-order valence-electron chi connectivity index (χ0n) is 13.7. The van der Waals surface area contributed by atoms with E-state index in [-0.39, 0.29) is 12.5 Å². The molecule has 0 spiro atoms. The average Bonchev–Trinajstić information content (AvgIpc) is 3.17. The lowest BCUT2D eigenvalue weighted by atomic mass is 10.1. The molecule has 1 amide bonds. The van der Waals surface area contributed by atoms with E-state index in [1.165, 1.54) is 11.3 Å². The van der Waals surface area contributed by atoms with Crippen LogP contribution in [0.5, 0.6) is 5.75 Å². The number of amides is 1. The van der Waals surface area contributed by atoms with Crippen molar-refractivity contribution in [1.82, 2.24) is 10.3 Å². The number of aliphatic hydroxyl groups is 1.